The molecule has 8 nitrogen and oxygen atoms in total. The first-order chi connectivity index (χ1) is 19.5. The van der Waals surface area contributed by atoms with Gasteiger partial charge in [0.1, 0.15) is 5.57 Å². The molecule has 1 saturated heterocycles. The van der Waals surface area contributed by atoms with Gasteiger partial charge < -0.3 is 15.2 Å². The van der Waals surface area contributed by atoms with Gasteiger partial charge in [-0.25, -0.2) is 13.2 Å². The number of nitrogens with one attached hydrogen (secondary N) is 1. The topological polar surface area (TPSA) is 113 Å². The second kappa shape index (κ2) is 11.4. The first-order valence-corrected chi connectivity index (χ1v) is 16.1. The SMILES string of the molecule is C=Cc1cc(-c2cccc(S(C)(=O)=O)c2)c(Cl)cc1C1=C(O)C2(CCCN(CC(=O)NCc3cccs3)C2)OC1=O. The van der Waals surface area contributed by atoms with E-state index in [4.69, 9.17) is 16.3 Å². The van der Waals surface area contributed by atoms with Gasteiger partial charge in [-0.05, 0) is 66.2 Å². The molecule has 214 valence electrons. The fourth-order valence-corrected chi connectivity index (χ4v) is 6.89. The minimum atomic E-state index is -3.43. The Morgan fingerprint density at radius 3 is 2.76 bits per heavy atom. The third kappa shape index (κ3) is 5.97. The van der Waals surface area contributed by atoms with E-state index in [2.05, 4.69) is 11.9 Å². The fourth-order valence-electron chi connectivity index (χ4n) is 5.31. The summed E-state index contributed by atoms with van der Waals surface area (Å²) in [4.78, 5) is 28.9. The molecule has 1 spiro atoms. The number of carbonyl (C=O) groups excluding carboxylic acids is 2. The monoisotopic (exact) mass is 612 g/mol. The van der Waals surface area contributed by atoms with Crippen LogP contribution in [0, 0.1) is 0 Å². The number of hydrogen-bond acceptors (Lipinski definition) is 8. The Balaban J connectivity index is 1.42. The van der Waals surface area contributed by atoms with Gasteiger partial charge in [-0.2, -0.15) is 0 Å². The van der Waals surface area contributed by atoms with Crippen molar-refractivity contribution in [3.05, 3.63) is 87.3 Å². The molecule has 3 aromatic rings. The zero-order valence-electron chi connectivity index (χ0n) is 22.4. The van der Waals surface area contributed by atoms with E-state index in [-0.39, 0.29) is 40.2 Å². The normalized spacial score (nSPS) is 19.4. The van der Waals surface area contributed by atoms with Gasteiger partial charge in [-0.15, -0.1) is 11.3 Å². The second-order valence-corrected chi connectivity index (χ2v) is 13.7. The Morgan fingerprint density at radius 1 is 1.24 bits per heavy atom. The molecule has 1 amide bonds. The summed E-state index contributed by atoms with van der Waals surface area (Å²) in [5, 5.41) is 16.6. The van der Waals surface area contributed by atoms with Gasteiger partial charge in [0.25, 0.3) is 0 Å². The number of ether oxygens (including phenoxy) is 1. The van der Waals surface area contributed by atoms with Crippen LogP contribution in [0.4, 0.5) is 0 Å². The molecule has 5 rings (SSSR count). The van der Waals surface area contributed by atoms with Crippen LogP contribution in [0.5, 0.6) is 0 Å². The predicted molar refractivity (Wildman–Crippen MR) is 160 cm³/mol. The van der Waals surface area contributed by atoms with Crippen LogP contribution >= 0.6 is 22.9 Å². The van der Waals surface area contributed by atoms with Crippen LogP contribution in [0.3, 0.4) is 0 Å². The van der Waals surface area contributed by atoms with Crippen molar-refractivity contribution in [3.8, 4) is 11.1 Å². The molecule has 2 aliphatic heterocycles. The third-order valence-corrected chi connectivity index (χ3v) is 9.60. The van der Waals surface area contributed by atoms with E-state index in [0.717, 1.165) is 11.1 Å². The van der Waals surface area contributed by atoms with Gasteiger partial charge in [0.05, 0.1) is 18.0 Å². The summed E-state index contributed by atoms with van der Waals surface area (Å²) in [5.41, 5.74) is 0.739. The minimum Gasteiger partial charge on any atom is -0.507 e. The number of hydrogen-bond donors (Lipinski definition) is 2. The lowest BCUT2D eigenvalue weighted by Crippen LogP contribution is -2.52. The summed E-state index contributed by atoms with van der Waals surface area (Å²) in [6, 6.07) is 13.6. The molecule has 1 unspecified atom stereocenters. The smallest absolute Gasteiger partial charge is 0.343 e. The van der Waals surface area contributed by atoms with Gasteiger partial charge in [-0.1, -0.05) is 42.5 Å². The number of likely N-dealkylation sites (tertiary alicyclic amines) is 1. The number of thiophene rings is 1. The molecule has 1 fully saturated rings. The molecule has 0 saturated carbocycles. The Morgan fingerprint density at radius 2 is 2.05 bits per heavy atom. The van der Waals surface area contributed by atoms with Crippen LogP contribution in [0.1, 0.15) is 28.8 Å². The molecule has 2 aromatic carbocycles. The summed E-state index contributed by atoms with van der Waals surface area (Å²) < 4.78 is 30.0. The highest BCUT2D eigenvalue weighted by Crippen LogP contribution is 2.44. The van der Waals surface area contributed by atoms with Crippen molar-refractivity contribution in [1.82, 2.24) is 10.2 Å². The van der Waals surface area contributed by atoms with E-state index in [1.165, 1.54) is 12.1 Å². The fraction of sp³-hybridized carbons (Fsp3) is 0.267. The van der Waals surface area contributed by atoms with Crippen molar-refractivity contribution in [2.75, 3.05) is 25.9 Å². The summed E-state index contributed by atoms with van der Waals surface area (Å²) in [6.45, 7) is 5.22. The van der Waals surface area contributed by atoms with Crippen molar-refractivity contribution in [1.29, 1.82) is 0 Å². The number of aliphatic hydroxyl groups excluding tert-OH is 1. The summed E-state index contributed by atoms with van der Waals surface area (Å²) >= 11 is 8.23. The number of benzene rings is 2. The molecule has 1 aromatic heterocycles. The van der Waals surface area contributed by atoms with E-state index in [0.29, 0.717) is 48.2 Å². The second-order valence-electron chi connectivity index (χ2n) is 10.2. The quantitative estimate of drug-likeness (QED) is 0.341. The van der Waals surface area contributed by atoms with Gasteiger partial charge in [0.2, 0.25) is 5.91 Å². The third-order valence-electron chi connectivity index (χ3n) is 7.30. The molecule has 0 aliphatic carbocycles. The number of halogens is 1. The van der Waals surface area contributed by atoms with Crippen molar-refractivity contribution in [3.63, 3.8) is 0 Å². The number of aliphatic hydroxyl groups is 1. The predicted octanol–water partition coefficient (Wildman–Crippen LogP) is 5.09. The van der Waals surface area contributed by atoms with Crippen molar-refractivity contribution in [2.45, 2.75) is 29.9 Å². The molecule has 41 heavy (non-hydrogen) atoms. The van der Waals surface area contributed by atoms with Crippen molar-refractivity contribution in [2.24, 2.45) is 0 Å². The lowest BCUT2D eigenvalue weighted by Gasteiger charge is -2.38. The van der Waals surface area contributed by atoms with Crippen LogP contribution < -0.4 is 5.32 Å². The van der Waals surface area contributed by atoms with Gasteiger partial charge in [-0.3, -0.25) is 9.69 Å². The van der Waals surface area contributed by atoms with Crippen LogP contribution in [0.25, 0.3) is 22.8 Å². The standard InChI is InChI=1S/C30H29ClN2O6S2/c1-3-19-14-23(20-7-4-9-22(13-20)41(2,37)38)25(31)15-24(19)27-28(35)30(39-29(27)36)10-6-11-33(18-30)17-26(34)32-16-21-8-5-12-40-21/h3-5,7-9,12-15,35H,1,6,10-11,16-18H2,2H3,(H,32,34). The van der Waals surface area contributed by atoms with E-state index >= 15 is 0 Å². The molecular weight excluding hydrogens is 584 g/mol. The van der Waals surface area contributed by atoms with Crippen molar-refractivity contribution < 1.29 is 27.9 Å². The molecular formula is C30H29ClN2O6S2. The Labute approximate surface area is 247 Å². The largest absolute Gasteiger partial charge is 0.507 e. The molecule has 0 radical (unpaired) electrons. The van der Waals surface area contributed by atoms with E-state index in [9.17, 15) is 23.1 Å². The Bertz CT molecular complexity index is 1670. The summed E-state index contributed by atoms with van der Waals surface area (Å²) in [7, 11) is -3.43. The Hall–Kier alpha value is -3.44. The number of nitrogens with zero attached hydrogens (tertiary/aromatic N) is 1. The van der Waals surface area contributed by atoms with Gasteiger partial charge in [0, 0.05) is 33.8 Å². The maximum Gasteiger partial charge on any atom is 0.343 e. The van der Waals surface area contributed by atoms with E-state index in [1.54, 1.807) is 41.7 Å². The zero-order valence-corrected chi connectivity index (χ0v) is 24.7. The molecule has 0 bridgehead atoms. The Kier molecular flexibility index (Phi) is 8.11. The average molecular weight is 613 g/mol. The highest BCUT2D eigenvalue weighted by Gasteiger charge is 2.51. The summed E-state index contributed by atoms with van der Waals surface area (Å²) in [5.74, 6) is -1.03. The molecule has 3 heterocycles. The lowest BCUT2D eigenvalue weighted by molar-refractivity contribution is -0.152. The maximum absolute atomic E-state index is 13.2. The average Bonchev–Trinajstić information content (AvgIpc) is 3.53. The molecule has 11 heteroatoms. The number of sulfone groups is 1. The number of amides is 1. The van der Waals surface area contributed by atoms with Crippen LogP contribution in [-0.4, -0.2) is 61.8 Å². The minimum absolute atomic E-state index is 0.00207. The van der Waals surface area contributed by atoms with Crippen LogP contribution in [0.2, 0.25) is 5.02 Å². The van der Waals surface area contributed by atoms with Gasteiger partial charge in [0.15, 0.2) is 21.2 Å². The lowest BCUT2D eigenvalue weighted by atomic mass is 9.87. The van der Waals surface area contributed by atoms with Crippen LogP contribution in [-0.2, 0) is 30.7 Å². The number of esters is 1. The van der Waals surface area contributed by atoms with Gasteiger partial charge >= 0.3 is 5.97 Å². The number of rotatable bonds is 8. The highest BCUT2D eigenvalue weighted by atomic mass is 35.5. The highest BCUT2D eigenvalue weighted by molar-refractivity contribution is 7.90. The zero-order chi connectivity index (χ0) is 29.4. The maximum atomic E-state index is 13.2. The van der Waals surface area contributed by atoms with E-state index in [1.807, 2.05) is 22.4 Å². The van der Waals surface area contributed by atoms with Crippen molar-refractivity contribution >= 4 is 56.3 Å². The summed E-state index contributed by atoms with van der Waals surface area (Å²) in [6.07, 6.45) is 3.70. The first-order valence-electron chi connectivity index (χ1n) is 13.0. The molecule has 1 atom stereocenters. The number of carbonyl (C=O) groups is 2. The molecule has 2 aliphatic rings. The van der Waals surface area contributed by atoms with Crippen LogP contribution in [0.15, 0.2) is 71.1 Å². The first kappa shape index (κ1) is 29.1. The molecule has 2 N–H and O–H groups in total. The van der Waals surface area contributed by atoms with E-state index < -0.39 is 21.4 Å². The number of piperidine rings is 1.